The predicted octanol–water partition coefficient (Wildman–Crippen LogP) is 5.17. The van der Waals surface area contributed by atoms with Gasteiger partial charge in [0.1, 0.15) is 10.9 Å². The Morgan fingerprint density at radius 3 is 2.35 bits per heavy atom. The van der Waals surface area contributed by atoms with Crippen molar-refractivity contribution in [2.45, 2.75) is 33.5 Å². The van der Waals surface area contributed by atoms with Crippen LogP contribution in [0.1, 0.15) is 39.0 Å². The molecular formula is C22H19ClF2N2O4. The normalized spacial score (nSPS) is 12.0. The lowest BCUT2D eigenvalue weighted by Gasteiger charge is -2.14. The Labute approximate surface area is 182 Å². The highest BCUT2D eigenvalue weighted by Crippen LogP contribution is 2.25. The predicted molar refractivity (Wildman–Crippen MR) is 110 cm³/mol. The van der Waals surface area contributed by atoms with Gasteiger partial charge in [-0.1, -0.05) is 11.6 Å². The van der Waals surface area contributed by atoms with E-state index in [1.807, 2.05) is 6.92 Å². The molecule has 2 heterocycles. The number of alkyl halides is 2. The van der Waals surface area contributed by atoms with Crippen LogP contribution in [0.3, 0.4) is 0 Å². The van der Waals surface area contributed by atoms with Gasteiger partial charge in [0.05, 0.1) is 5.56 Å². The molecule has 0 radical (unpaired) electrons. The van der Waals surface area contributed by atoms with Crippen LogP contribution >= 0.6 is 11.6 Å². The SMILES string of the molecule is Cc1cc(C(=O)C(C)OC(=O)c2ccc(Cl)nc2)c(C)n1-c1ccc(OC(F)F)cc1. The van der Waals surface area contributed by atoms with Gasteiger partial charge in [0.25, 0.3) is 0 Å². The standard InChI is InChI=1S/C22H19ClF2N2O4/c1-12-10-18(13(2)27(12)16-5-7-17(8-6-16)31-22(24)25)20(28)14(3)30-21(29)15-4-9-19(23)26-11-15/h4-11,14,22H,1-3H3. The fraction of sp³-hybridized carbons (Fsp3) is 0.227. The van der Waals surface area contributed by atoms with Gasteiger partial charge >= 0.3 is 12.6 Å². The Morgan fingerprint density at radius 2 is 1.77 bits per heavy atom. The van der Waals surface area contributed by atoms with Crippen LogP contribution in [0.4, 0.5) is 8.78 Å². The topological polar surface area (TPSA) is 70.4 Å². The molecule has 0 aliphatic carbocycles. The molecule has 1 atom stereocenters. The second-order valence-corrected chi connectivity index (χ2v) is 7.16. The molecule has 0 saturated carbocycles. The number of rotatable bonds is 7. The number of ether oxygens (including phenoxy) is 2. The van der Waals surface area contributed by atoms with Crippen molar-refractivity contribution in [3.63, 3.8) is 0 Å². The zero-order valence-corrected chi connectivity index (χ0v) is 17.7. The van der Waals surface area contributed by atoms with E-state index in [4.69, 9.17) is 16.3 Å². The monoisotopic (exact) mass is 448 g/mol. The summed E-state index contributed by atoms with van der Waals surface area (Å²) in [6.07, 6.45) is 0.244. The fourth-order valence-electron chi connectivity index (χ4n) is 3.18. The molecule has 0 amide bonds. The number of aryl methyl sites for hydroxylation is 1. The summed E-state index contributed by atoms with van der Waals surface area (Å²) in [7, 11) is 0. The smallest absolute Gasteiger partial charge is 0.387 e. The summed E-state index contributed by atoms with van der Waals surface area (Å²) in [5.41, 5.74) is 2.62. The minimum absolute atomic E-state index is 0.0368. The van der Waals surface area contributed by atoms with Crippen molar-refractivity contribution in [2.24, 2.45) is 0 Å². The highest BCUT2D eigenvalue weighted by atomic mass is 35.5. The summed E-state index contributed by atoms with van der Waals surface area (Å²) in [5.74, 6) is -1.02. The van der Waals surface area contributed by atoms with Gasteiger partial charge in [0.2, 0.25) is 5.78 Å². The van der Waals surface area contributed by atoms with Crippen molar-refractivity contribution in [1.29, 1.82) is 0 Å². The summed E-state index contributed by atoms with van der Waals surface area (Å²) in [5, 5.41) is 0.238. The second-order valence-electron chi connectivity index (χ2n) is 6.77. The van der Waals surface area contributed by atoms with E-state index in [-0.39, 0.29) is 22.2 Å². The highest BCUT2D eigenvalue weighted by molar-refractivity contribution is 6.29. The molecule has 162 valence electrons. The van der Waals surface area contributed by atoms with Crippen molar-refractivity contribution in [3.8, 4) is 11.4 Å². The van der Waals surface area contributed by atoms with Crippen LogP contribution < -0.4 is 4.74 Å². The molecule has 6 nitrogen and oxygen atoms in total. The highest BCUT2D eigenvalue weighted by Gasteiger charge is 2.25. The zero-order chi connectivity index (χ0) is 22.7. The number of carbonyl (C=O) groups is 2. The lowest BCUT2D eigenvalue weighted by molar-refractivity contribution is -0.0498. The molecule has 0 saturated heterocycles. The maximum atomic E-state index is 12.9. The number of Topliss-reactive ketones (excluding diaryl/α,β-unsaturated/α-hetero) is 1. The zero-order valence-electron chi connectivity index (χ0n) is 16.9. The van der Waals surface area contributed by atoms with Crippen LogP contribution in [0.2, 0.25) is 5.15 Å². The van der Waals surface area contributed by atoms with Crippen molar-refractivity contribution < 1.29 is 27.8 Å². The van der Waals surface area contributed by atoms with Gasteiger partial charge in [-0.05, 0) is 63.2 Å². The number of esters is 1. The number of hydrogen-bond donors (Lipinski definition) is 0. The van der Waals surface area contributed by atoms with Crippen LogP contribution in [-0.2, 0) is 4.74 Å². The summed E-state index contributed by atoms with van der Waals surface area (Å²) >= 11 is 5.71. The van der Waals surface area contributed by atoms with Gasteiger partial charge in [0.15, 0.2) is 6.10 Å². The minimum Gasteiger partial charge on any atom is -0.451 e. The van der Waals surface area contributed by atoms with E-state index in [9.17, 15) is 18.4 Å². The lowest BCUT2D eigenvalue weighted by Crippen LogP contribution is -2.25. The van der Waals surface area contributed by atoms with Gasteiger partial charge < -0.3 is 14.0 Å². The molecule has 0 bridgehead atoms. The largest absolute Gasteiger partial charge is 0.451 e. The van der Waals surface area contributed by atoms with E-state index >= 15 is 0 Å². The molecule has 0 aliphatic heterocycles. The van der Waals surface area contributed by atoms with Crippen LogP contribution in [0, 0.1) is 13.8 Å². The molecule has 3 aromatic rings. The van der Waals surface area contributed by atoms with Crippen LogP contribution in [0.25, 0.3) is 5.69 Å². The number of carbonyl (C=O) groups excluding carboxylic acids is 2. The third-order valence-corrected chi connectivity index (χ3v) is 4.86. The molecule has 0 N–H and O–H groups in total. The summed E-state index contributed by atoms with van der Waals surface area (Å²) in [6.45, 7) is 2.15. The third kappa shape index (κ3) is 5.08. The molecule has 0 fully saturated rings. The maximum absolute atomic E-state index is 12.9. The van der Waals surface area contributed by atoms with E-state index in [1.54, 1.807) is 29.7 Å². The number of pyridine rings is 1. The third-order valence-electron chi connectivity index (χ3n) is 4.63. The quantitative estimate of drug-likeness (QED) is 0.283. The summed E-state index contributed by atoms with van der Waals surface area (Å²) in [6, 6.07) is 10.7. The minimum atomic E-state index is -2.90. The molecule has 0 aliphatic rings. The molecule has 0 spiro atoms. The first-order chi connectivity index (χ1) is 14.7. The molecule has 1 unspecified atom stereocenters. The van der Waals surface area contributed by atoms with E-state index in [0.717, 1.165) is 5.69 Å². The maximum Gasteiger partial charge on any atom is 0.387 e. The van der Waals surface area contributed by atoms with Gasteiger partial charge in [-0.15, -0.1) is 0 Å². The number of hydrogen-bond acceptors (Lipinski definition) is 5. The van der Waals surface area contributed by atoms with Gasteiger partial charge in [-0.2, -0.15) is 8.78 Å². The number of halogens is 3. The Morgan fingerprint density at radius 1 is 1.10 bits per heavy atom. The first-order valence-electron chi connectivity index (χ1n) is 9.28. The summed E-state index contributed by atoms with van der Waals surface area (Å²) < 4.78 is 36.1. The Kier molecular flexibility index (Phi) is 6.70. The van der Waals surface area contributed by atoms with Crippen LogP contribution in [-0.4, -0.2) is 34.0 Å². The Bertz CT molecular complexity index is 1100. The van der Waals surface area contributed by atoms with Crippen molar-refractivity contribution >= 4 is 23.4 Å². The second kappa shape index (κ2) is 9.26. The van der Waals surface area contributed by atoms with Crippen molar-refractivity contribution in [3.05, 3.63) is 76.3 Å². The van der Waals surface area contributed by atoms with Crippen LogP contribution in [0.15, 0.2) is 48.7 Å². The van der Waals surface area contributed by atoms with Crippen molar-refractivity contribution in [1.82, 2.24) is 9.55 Å². The average molecular weight is 449 g/mol. The van der Waals surface area contributed by atoms with Gasteiger partial charge in [-0.25, -0.2) is 9.78 Å². The van der Waals surface area contributed by atoms with E-state index in [0.29, 0.717) is 16.9 Å². The van der Waals surface area contributed by atoms with Crippen molar-refractivity contribution in [2.75, 3.05) is 0 Å². The van der Waals surface area contributed by atoms with Gasteiger partial charge in [-0.3, -0.25) is 4.79 Å². The lowest BCUT2D eigenvalue weighted by atomic mass is 10.1. The number of ketones is 1. The molecule has 2 aromatic heterocycles. The number of nitrogens with zero attached hydrogens (tertiary/aromatic N) is 2. The Balaban J connectivity index is 1.79. The number of benzene rings is 1. The molecule has 9 heteroatoms. The molecule has 3 rings (SSSR count). The molecule has 1 aromatic carbocycles. The summed E-state index contributed by atoms with van der Waals surface area (Å²) in [4.78, 5) is 29.0. The van der Waals surface area contributed by atoms with Gasteiger partial charge in [0, 0.05) is 28.8 Å². The molecule has 31 heavy (non-hydrogen) atoms. The first-order valence-corrected chi connectivity index (χ1v) is 9.66. The Hall–Kier alpha value is -3.26. The van der Waals surface area contributed by atoms with E-state index in [2.05, 4.69) is 9.72 Å². The van der Waals surface area contributed by atoms with E-state index in [1.165, 1.54) is 37.4 Å². The van der Waals surface area contributed by atoms with E-state index < -0.39 is 18.7 Å². The first kappa shape index (κ1) is 22.4. The fourth-order valence-corrected chi connectivity index (χ4v) is 3.30. The van der Waals surface area contributed by atoms with Crippen LogP contribution in [0.5, 0.6) is 5.75 Å². The molecular weight excluding hydrogens is 430 g/mol. The number of aromatic nitrogens is 2. The average Bonchev–Trinajstić information content (AvgIpc) is 3.02.